The standard InChI is InChI=1S/C16H24N2O2/c1-12-5-6-15(13(2)8-12)17-16(20)10-18-7-3-4-14(9-18)11-19/h5-6,8,14,19H,3-4,7,9-11H2,1-2H3,(H,17,20). The summed E-state index contributed by atoms with van der Waals surface area (Å²) in [6.45, 7) is 6.43. The smallest absolute Gasteiger partial charge is 0.238 e. The number of hydrogen-bond donors (Lipinski definition) is 2. The highest BCUT2D eigenvalue weighted by atomic mass is 16.3. The van der Waals surface area contributed by atoms with E-state index in [4.69, 9.17) is 0 Å². The molecular formula is C16H24N2O2. The SMILES string of the molecule is Cc1ccc(NC(=O)CN2CCCC(CO)C2)c(C)c1. The summed E-state index contributed by atoms with van der Waals surface area (Å²) in [5.74, 6) is 0.341. The summed E-state index contributed by atoms with van der Waals surface area (Å²) >= 11 is 0. The quantitative estimate of drug-likeness (QED) is 0.883. The molecule has 1 atom stereocenters. The Morgan fingerprint density at radius 1 is 1.45 bits per heavy atom. The predicted octanol–water partition coefficient (Wildman–Crippen LogP) is 1.95. The van der Waals surface area contributed by atoms with Crippen LogP contribution >= 0.6 is 0 Å². The minimum atomic E-state index is 0.0237. The van der Waals surface area contributed by atoms with Gasteiger partial charge in [0.15, 0.2) is 0 Å². The third kappa shape index (κ3) is 4.05. The lowest BCUT2D eigenvalue weighted by Gasteiger charge is -2.31. The van der Waals surface area contributed by atoms with Crippen LogP contribution in [-0.2, 0) is 4.79 Å². The number of anilines is 1. The number of nitrogens with one attached hydrogen (secondary N) is 1. The van der Waals surface area contributed by atoms with E-state index in [0.717, 1.165) is 37.2 Å². The minimum absolute atomic E-state index is 0.0237. The summed E-state index contributed by atoms with van der Waals surface area (Å²) in [5, 5.41) is 12.2. The van der Waals surface area contributed by atoms with Crippen molar-refractivity contribution in [2.24, 2.45) is 5.92 Å². The number of hydrogen-bond acceptors (Lipinski definition) is 3. The fourth-order valence-electron chi connectivity index (χ4n) is 2.79. The summed E-state index contributed by atoms with van der Waals surface area (Å²) < 4.78 is 0. The summed E-state index contributed by atoms with van der Waals surface area (Å²) in [6.07, 6.45) is 2.12. The highest BCUT2D eigenvalue weighted by Crippen LogP contribution is 2.17. The minimum Gasteiger partial charge on any atom is -0.396 e. The molecule has 1 aromatic rings. The van der Waals surface area contributed by atoms with Crippen molar-refractivity contribution < 1.29 is 9.90 Å². The van der Waals surface area contributed by atoms with Gasteiger partial charge in [0.25, 0.3) is 0 Å². The summed E-state index contributed by atoms with van der Waals surface area (Å²) in [7, 11) is 0. The molecule has 0 radical (unpaired) electrons. The highest BCUT2D eigenvalue weighted by molar-refractivity contribution is 5.93. The Hall–Kier alpha value is -1.39. The zero-order valence-corrected chi connectivity index (χ0v) is 12.4. The van der Waals surface area contributed by atoms with Crippen LogP contribution in [0.2, 0.25) is 0 Å². The highest BCUT2D eigenvalue weighted by Gasteiger charge is 2.21. The molecule has 2 rings (SSSR count). The average Bonchev–Trinajstić information content (AvgIpc) is 2.42. The molecular weight excluding hydrogens is 252 g/mol. The van der Waals surface area contributed by atoms with E-state index in [1.807, 2.05) is 26.0 Å². The maximum absolute atomic E-state index is 12.1. The Morgan fingerprint density at radius 2 is 2.25 bits per heavy atom. The molecule has 1 saturated heterocycles. The number of nitrogens with zero attached hydrogens (tertiary/aromatic N) is 1. The second-order valence-corrected chi connectivity index (χ2v) is 5.79. The molecule has 4 nitrogen and oxygen atoms in total. The van der Waals surface area contributed by atoms with Crippen LogP contribution in [0.5, 0.6) is 0 Å². The maximum atomic E-state index is 12.1. The lowest BCUT2D eigenvalue weighted by Crippen LogP contribution is -2.41. The molecule has 1 aromatic carbocycles. The van der Waals surface area contributed by atoms with E-state index in [9.17, 15) is 9.90 Å². The van der Waals surface area contributed by atoms with Gasteiger partial charge < -0.3 is 10.4 Å². The van der Waals surface area contributed by atoms with Crippen LogP contribution in [0.3, 0.4) is 0 Å². The number of rotatable bonds is 4. The lowest BCUT2D eigenvalue weighted by atomic mass is 9.99. The zero-order chi connectivity index (χ0) is 14.5. The molecule has 1 heterocycles. The van der Waals surface area contributed by atoms with Crippen LogP contribution < -0.4 is 5.32 Å². The van der Waals surface area contributed by atoms with Gasteiger partial charge in [0, 0.05) is 18.8 Å². The van der Waals surface area contributed by atoms with Crippen LogP contribution in [0.4, 0.5) is 5.69 Å². The molecule has 2 N–H and O–H groups in total. The van der Waals surface area contributed by atoms with Gasteiger partial charge in [0.1, 0.15) is 0 Å². The topological polar surface area (TPSA) is 52.6 Å². The van der Waals surface area contributed by atoms with E-state index in [2.05, 4.69) is 16.3 Å². The normalized spacial score (nSPS) is 19.9. The summed E-state index contributed by atoms with van der Waals surface area (Å²) in [6, 6.07) is 6.03. The van der Waals surface area contributed by atoms with E-state index >= 15 is 0 Å². The molecule has 1 fully saturated rings. The van der Waals surface area contributed by atoms with Crippen molar-refractivity contribution in [1.29, 1.82) is 0 Å². The van der Waals surface area contributed by atoms with E-state index in [0.29, 0.717) is 12.5 Å². The first kappa shape index (κ1) is 15.0. The average molecular weight is 276 g/mol. The first-order valence-corrected chi connectivity index (χ1v) is 7.29. The molecule has 0 bridgehead atoms. The van der Waals surface area contributed by atoms with Gasteiger partial charge in [0.05, 0.1) is 6.54 Å². The number of aliphatic hydroxyl groups excluding tert-OH is 1. The van der Waals surface area contributed by atoms with Crippen LogP contribution in [0.1, 0.15) is 24.0 Å². The molecule has 1 aliphatic heterocycles. The second-order valence-electron chi connectivity index (χ2n) is 5.79. The molecule has 0 saturated carbocycles. The lowest BCUT2D eigenvalue weighted by molar-refractivity contribution is -0.117. The maximum Gasteiger partial charge on any atom is 0.238 e. The third-order valence-electron chi connectivity index (χ3n) is 3.88. The van der Waals surface area contributed by atoms with Crippen molar-refractivity contribution >= 4 is 11.6 Å². The first-order chi connectivity index (χ1) is 9.58. The second kappa shape index (κ2) is 6.86. The van der Waals surface area contributed by atoms with E-state index < -0.39 is 0 Å². The zero-order valence-electron chi connectivity index (χ0n) is 12.4. The first-order valence-electron chi connectivity index (χ1n) is 7.29. The molecule has 110 valence electrons. The fourth-order valence-corrected chi connectivity index (χ4v) is 2.79. The summed E-state index contributed by atoms with van der Waals surface area (Å²) in [4.78, 5) is 14.2. The predicted molar refractivity (Wildman–Crippen MR) is 80.8 cm³/mol. The van der Waals surface area contributed by atoms with Gasteiger partial charge in [-0.15, -0.1) is 0 Å². The molecule has 1 aliphatic rings. The van der Waals surface area contributed by atoms with Crippen molar-refractivity contribution in [3.05, 3.63) is 29.3 Å². The van der Waals surface area contributed by atoms with Gasteiger partial charge in [0.2, 0.25) is 5.91 Å². The number of amides is 1. The monoisotopic (exact) mass is 276 g/mol. The number of piperidine rings is 1. The van der Waals surface area contributed by atoms with Gasteiger partial charge >= 0.3 is 0 Å². The molecule has 20 heavy (non-hydrogen) atoms. The molecule has 0 aromatic heterocycles. The Kier molecular flexibility index (Phi) is 5.15. The molecule has 1 unspecified atom stereocenters. The van der Waals surface area contributed by atoms with Crippen molar-refractivity contribution in [1.82, 2.24) is 4.90 Å². The van der Waals surface area contributed by atoms with Crippen molar-refractivity contribution in [2.75, 3.05) is 31.6 Å². The third-order valence-corrected chi connectivity index (χ3v) is 3.88. The Morgan fingerprint density at radius 3 is 2.95 bits per heavy atom. The number of carbonyl (C=O) groups is 1. The van der Waals surface area contributed by atoms with Gasteiger partial charge in [-0.3, -0.25) is 9.69 Å². The number of aryl methyl sites for hydroxylation is 2. The van der Waals surface area contributed by atoms with E-state index in [1.54, 1.807) is 0 Å². The van der Waals surface area contributed by atoms with Gasteiger partial charge in [-0.2, -0.15) is 0 Å². The van der Waals surface area contributed by atoms with Gasteiger partial charge in [-0.05, 0) is 50.8 Å². The number of likely N-dealkylation sites (tertiary alicyclic amines) is 1. The number of carbonyl (C=O) groups excluding carboxylic acids is 1. The Bertz CT molecular complexity index is 474. The van der Waals surface area contributed by atoms with Crippen molar-refractivity contribution in [3.8, 4) is 0 Å². The van der Waals surface area contributed by atoms with Gasteiger partial charge in [-0.25, -0.2) is 0 Å². The van der Waals surface area contributed by atoms with Gasteiger partial charge in [-0.1, -0.05) is 17.7 Å². The fraction of sp³-hybridized carbons (Fsp3) is 0.562. The van der Waals surface area contributed by atoms with Crippen molar-refractivity contribution in [2.45, 2.75) is 26.7 Å². The molecule has 0 spiro atoms. The molecule has 1 amide bonds. The van der Waals surface area contributed by atoms with Crippen LogP contribution in [0, 0.1) is 19.8 Å². The largest absolute Gasteiger partial charge is 0.396 e. The number of aliphatic hydroxyl groups is 1. The van der Waals surface area contributed by atoms with Crippen LogP contribution in [0.25, 0.3) is 0 Å². The van der Waals surface area contributed by atoms with E-state index in [1.165, 1.54) is 5.56 Å². The Labute approximate surface area is 120 Å². The van der Waals surface area contributed by atoms with Crippen molar-refractivity contribution in [3.63, 3.8) is 0 Å². The number of benzene rings is 1. The molecule has 4 heteroatoms. The van der Waals surface area contributed by atoms with Crippen LogP contribution in [-0.4, -0.2) is 42.2 Å². The van der Waals surface area contributed by atoms with E-state index in [-0.39, 0.29) is 12.5 Å². The van der Waals surface area contributed by atoms with Crippen LogP contribution in [0.15, 0.2) is 18.2 Å². The Balaban J connectivity index is 1.88. The summed E-state index contributed by atoms with van der Waals surface area (Å²) in [5.41, 5.74) is 3.17. The molecule has 0 aliphatic carbocycles.